The largest absolute Gasteiger partial charge is 0.394 e. The summed E-state index contributed by atoms with van der Waals surface area (Å²) < 4.78 is 18.0. The zero-order chi connectivity index (χ0) is 13.0. The van der Waals surface area contributed by atoms with E-state index in [0.717, 1.165) is 0 Å². The molecule has 3 N–H and O–H groups in total. The van der Waals surface area contributed by atoms with Crippen molar-refractivity contribution in [2.24, 2.45) is 0 Å². The van der Waals surface area contributed by atoms with Crippen molar-refractivity contribution < 1.29 is 14.2 Å². The van der Waals surface area contributed by atoms with Gasteiger partial charge in [-0.25, -0.2) is 9.37 Å². The second-order valence-corrected chi connectivity index (χ2v) is 4.05. The van der Waals surface area contributed by atoms with Gasteiger partial charge in [-0.1, -0.05) is 0 Å². The minimum atomic E-state index is -0.309. The number of H-pyrrole nitrogens is 1. The van der Waals surface area contributed by atoms with Crippen molar-refractivity contribution >= 4 is 17.0 Å². The van der Waals surface area contributed by atoms with Gasteiger partial charge >= 0.3 is 0 Å². The van der Waals surface area contributed by atoms with Crippen molar-refractivity contribution in [1.29, 1.82) is 0 Å². The van der Waals surface area contributed by atoms with E-state index < -0.39 is 0 Å². The van der Waals surface area contributed by atoms with E-state index in [0.29, 0.717) is 30.0 Å². The molecule has 1 unspecified atom stereocenters. The van der Waals surface area contributed by atoms with Crippen LogP contribution in [0.5, 0.6) is 0 Å². The quantitative estimate of drug-likeness (QED) is 0.730. The van der Waals surface area contributed by atoms with E-state index in [-0.39, 0.29) is 18.5 Å². The van der Waals surface area contributed by atoms with Crippen LogP contribution >= 0.6 is 0 Å². The van der Waals surface area contributed by atoms with Crippen LogP contribution in [0.1, 0.15) is 6.42 Å². The van der Waals surface area contributed by atoms with Gasteiger partial charge in [0.25, 0.3) is 0 Å². The Labute approximate surface area is 104 Å². The molecule has 2 rings (SSSR count). The smallest absolute Gasteiger partial charge is 0.201 e. The van der Waals surface area contributed by atoms with Gasteiger partial charge in [-0.05, 0) is 24.6 Å². The van der Waals surface area contributed by atoms with Crippen LogP contribution in [0.2, 0.25) is 0 Å². The van der Waals surface area contributed by atoms with Gasteiger partial charge in [0.2, 0.25) is 5.95 Å². The number of benzene rings is 1. The average molecular weight is 253 g/mol. The molecule has 5 nitrogen and oxygen atoms in total. The minimum Gasteiger partial charge on any atom is -0.394 e. The van der Waals surface area contributed by atoms with E-state index in [4.69, 9.17) is 4.74 Å². The summed E-state index contributed by atoms with van der Waals surface area (Å²) in [5.41, 5.74) is 1.31. The molecule has 0 radical (unpaired) electrons. The van der Waals surface area contributed by atoms with Crippen LogP contribution in [0, 0.1) is 5.82 Å². The Balaban J connectivity index is 2.10. The van der Waals surface area contributed by atoms with Crippen LogP contribution in [0.15, 0.2) is 18.2 Å². The molecule has 0 aliphatic heterocycles. The van der Waals surface area contributed by atoms with E-state index in [1.54, 1.807) is 13.2 Å². The van der Waals surface area contributed by atoms with Crippen LogP contribution in [0.4, 0.5) is 10.3 Å². The fourth-order valence-electron chi connectivity index (χ4n) is 1.71. The van der Waals surface area contributed by atoms with Crippen LogP contribution in [-0.4, -0.2) is 41.4 Å². The summed E-state index contributed by atoms with van der Waals surface area (Å²) in [6, 6.07) is 4.21. The Morgan fingerprint density at radius 2 is 2.39 bits per heavy atom. The molecule has 2 aromatic rings. The number of ether oxygens (including phenoxy) is 1. The Bertz CT molecular complexity index is 515. The summed E-state index contributed by atoms with van der Waals surface area (Å²) in [5, 5.41) is 12.3. The molecular formula is C12H16FN3O2. The molecular weight excluding hydrogens is 237 g/mol. The molecule has 0 spiro atoms. The second-order valence-electron chi connectivity index (χ2n) is 4.05. The first-order valence-corrected chi connectivity index (χ1v) is 5.74. The van der Waals surface area contributed by atoms with E-state index >= 15 is 0 Å². The number of nitrogens with one attached hydrogen (secondary N) is 2. The second kappa shape index (κ2) is 5.79. The van der Waals surface area contributed by atoms with E-state index in [1.165, 1.54) is 12.1 Å². The highest BCUT2D eigenvalue weighted by atomic mass is 19.1. The third-order valence-electron chi connectivity index (χ3n) is 2.68. The lowest BCUT2D eigenvalue weighted by Crippen LogP contribution is -2.25. The molecule has 1 aromatic carbocycles. The SMILES string of the molecule is COCCC(CO)Nc1nc2ccc(F)cc2[nH]1. The monoisotopic (exact) mass is 253 g/mol. The lowest BCUT2D eigenvalue weighted by Gasteiger charge is -2.14. The number of methoxy groups -OCH3 is 1. The zero-order valence-electron chi connectivity index (χ0n) is 10.1. The van der Waals surface area contributed by atoms with Gasteiger partial charge < -0.3 is 20.1 Å². The summed E-state index contributed by atoms with van der Waals surface area (Å²) in [6.07, 6.45) is 0.665. The van der Waals surface area contributed by atoms with Crippen molar-refractivity contribution in [3.63, 3.8) is 0 Å². The molecule has 1 atom stereocenters. The summed E-state index contributed by atoms with van der Waals surface area (Å²) in [6.45, 7) is 0.530. The number of hydrogen-bond donors (Lipinski definition) is 3. The number of anilines is 1. The number of rotatable bonds is 6. The predicted octanol–water partition coefficient (Wildman–Crippen LogP) is 1.51. The number of nitrogens with zero attached hydrogens (tertiary/aromatic N) is 1. The van der Waals surface area contributed by atoms with Crippen LogP contribution < -0.4 is 5.32 Å². The molecule has 0 fully saturated rings. The number of aromatic nitrogens is 2. The van der Waals surface area contributed by atoms with Gasteiger partial charge in [-0.3, -0.25) is 0 Å². The van der Waals surface area contributed by atoms with Crippen molar-refractivity contribution in [3.8, 4) is 0 Å². The average Bonchev–Trinajstić information content (AvgIpc) is 2.75. The zero-order valence-corrected chi connectivity index (χ0v) is 10.1. The predicted molar refractivity (Wildman–Crippen MR) is 67.0 cm³/mol. The summed E-state index contributed by atoms with van der Waals surface area (Å²) >= 11 is 0. The number of hydrogen-bond acceptors (Lipinski definition) is 4. The first-order valence-electron chi connectivity index (χ1n) is 5.74. The maximum Gasteiger partial charge on any atom is 0.201 e. The molecule has 18 heavy (non-hydrogen) atoms. The van der Waals surface area contributed by atoms with Crippen molar-refractivity contribution in [2.75, 3.05) is 25.6 Å². The van der Waals surface area contributed by atoms with Crippen LogP contribution in [0.3, 0.4) is 0 Å². The van der Waals surface area contributed by atoms with Gasteiger partial charge in [-0.2, -0.15) is 0 Å². The van der Waals surface area contributed by atoms with Crippen molar-refractivity contribution in [1.82, 2.24) is 9.97 Å². The number of aliphatic hydroxyl groups excluding tert-OH is 1. The molecule has 1 aromatic heterocycles. The lowest BCUT2D eigenvalue weighted by molar-refractivity contribution is 0.174. The first-order chi connectivity index (χ1) is 8.72. The third-order valence-corrected chi connectivity index (χ3v) is 2.68. The van der Waals surface area contributed by atoms with Gasteiger partial charge in [0.15, 0.2) is 0 Å². The molecule has 0 aliphatic rings. The molecule has 0 saturated carbocycles. The van der Waals surface area contributed by atoms with Crippen LogP contribution in [-0.2, 0) is 4.74 Å². The number of aromatic amines is 1. The summed E-state index contributed by atoms with van der Waals surface area (Å²) in [5.74, 6) is 0.210. The molecule has 6 heteroatoms. The highest BCUT2D eigenvalue weighted by Crippen LogP contribution is 2.16. The highest BCUT2D eigenvalue weighted by Gasteiger charge is 2.10. The maximum atomic E-state index is 13.0. The normalized spacial score (nSPS) is 12.8. The highest BCUT2D eigenvalue weighted by molar-refractivity contribution is 5.77. The van der Waals surface area contributed by atoms with Gasteiger partial charge in [-0.15, -0.1) is 0 Å². The molecule has 98 valence electrons. The lowest BCUT2D eigenvalue weighted by atomic mass is 10.2. The van der Waals surface area contributed by atoms with Crippen molar-refractivity contribution in [3.05, 3.63) is 24.0 Å². The van der Waals surface area contributed by atoms with Gasteiger partial charge in [0, 0.05) is 13.7 Å². The topological polar surface area (TPSA) is 70.2 Å². The van der Waals surface area contributed by atoms with Crippen molar-refractivity contribution in [2.45, 2.75) is 12.5 Å². The fraction of sp³-hybridized carbons (Fsp3) is 0.417. The fourth-order valence-corrected chi connectivity index (χ4v) is 1.71. The molecule has 0 aliphatic carbocycles. The standard InChI is InChI=1S/C12H16FN3O2/c1-18-5-4-9(7-17)14-12-15-10-3-2-8(13)6-11(10)16-12/h2-3,6,9,17H,4-5,7H2,1H3,(H2,14,15,16). The minimum absolute atomic E-state index is 0.0191. The summed E-state index contributed by atoms with van der Waals surface area (Å²) in [7, 11) is 1.61. The van der Waals surface area contributed by atoms with E-state index in [1.807, 2.05) is 0 Å². The van der Waals surface area contributed by atoms with Gasteiger partial charge in [0.1, 0.15) is 5.82 Å². The third kappa shape index (κ3) is 2.96. The van der Waals surface area contributed by atoms with Gasteiger partial charge in [0.05, 0.1) is 23.7 Å². The number of fused-ring (bicyclic) bond motifs is 1. The molecule has 1 heterocycles. The van der Waals surface area contributed by atoms with E-state index in [9.17, 15) is 9.50 Å². The number of imidazole rings is 1. The molecule has 0 amide bonds. The Morgan fingerprint density at radius 3 is 3.11 bits per heavy atom. The molecule has 0 saturated heterocycles. The number of halogens is 1. The molecule has 0 bridgehead atoms. The Morgan fingerprint density at radius 1 is 1.56 bits per heavy atom. The number of aliphatic hydroxyl groups is 1. The Kier molecular flexibility index (Phi) is 4.11. The maximum absolute atomic E-state index is 13.0. The van der Waals surface area contributed by atoms with E-state index in [2.05, 4.69) is 15.3 Å². The van der Waals surface area contributed by atoms with Crippen LogP contribution in [0.25, 0.3) is 11.0 Å². The first kappa shape index (κ1) is 12.8. The Hall–Kier alpha value is -1.66. The summed E-state index contributed by atoms with van der Waals surface area (Å²) in [4.78, 5) is 7.23.